The fourth-order valence-corrected chi connectivity index (χ4v) is 1.38. The Morgan fingerprint density at radius 1 is 1.31 bits per heavy atom. The number of ether oxygens (including phenoxy) is 1. The summed E-state index contributed by atoms with van der Waals surface area (Å²) in [5, 5.41) is 0. The van der Waals surface area contributed by atoms with Crippen LogP contribution in [0.3, 0.4) is 0 Å². The van der Waals surface area contributed by atoms with Crippen molar-refractivity contribution in [3.05, 3.63) is 29.8 Å². The van der Waals surface area contributed by atoms with E-state index in [0.717, 1.165) is 0 Å². The zero-order chi connectivity index (χ0) is 12.1. The first kappa shape index (κ1) is 12.6. The van der Waals surface area contributed by atoms with Crippen molar-refractivity contribution < 1.29 is 18.3 Å². The molecule has 0 aliphatic heterocycles. The van der Waals surface area contributed by atoms with Gasteiger partial charge in [0, 0.05) is 6.42 Å². The van der Waals surface area contributed by atoms with E-state index in [2.05, 4.69) is 4.74 Å². The Kier molecular flexibility index (Phi) is 4.40. The second-order valence-electron chi connectivity index (χ2n) is 3.90. The van der Waals surface area contributed by atoms with Crippen molar-refractivity contribution in [2.24, 2.45) is 5.92 Å². The number of hydrogen-bond donors (Lipinski definition) is 0. The van der Waals surface area contributed by atoms with Gasteiger partial charge in [0.1, 0.15) is 5.75 Å². The molecule has 0 atom stereocenters. The lowest BCUT2D eigenvalue weighted by atomic mass is 10.0. The number of carbonyl (C=O) groups excluding carboxylic acids is 1. The fourth-order valence-electron chi connectivity index (χ4n) is 1.38. The van der Waals surface area contributed by atoms with Gasteiger partial charge in [0.15, 0.2) is 5.78 Å². The first-order valence-electron chi connectivity index (χ1n) is 5.07. The third-order valence-electron chi connectivity index (χ3n) is 2.00. The molecule has 2 nitrogen and oxygen atoms in total. The van der Waals surface area contributed by atoms with Gasteiger partial charge < -0.3 is 4.74 Å². The van der Waals surface area contributed by atoms with Crippen LogP contribution in [0.4, 0.5) is 8.78 Å². The van der Waals surface area contributed by atoms with Gasteiger partial charge in [-0.1, -0.05) is 26.0 Å². The Morgan fingerprint density at radius 2 is 1.94 bits per heavy atom. The molecule has 0 saturated carbocycles. The zero-order valence-electron chi connectivity index (χ0n) is 9.24. The van der Waals surface area contributed by atoms with Gasteiger partial charge in [0.2, 0.25) is 0 Å². The molecule has 1 rings (SSSR count). The van der Waals surface area contributed by atoms with Gasteiger partial charge >= 0.3 is 6.61 Å². The molecular weight excluding hydrogens is 214 g/mol. The Bertz CT molecular complexity index is 362. The molecule has 1 aromatic carbocycles. The summed E-state index contributed by atoms with van der Waals surface area (Å²) in [4.78, 5) is 11.7. The maximum absolute atomic E-state index is 12.1. The van der Waals surface area contributed by atoms with Crippen LogP contribution < -0.4 is 4.74 Å². The number of rotatable bonds is 5. The van der Waals surface area contributed by atoms with Gasteiger partial charge in [-0.2, -0.15) is 8.78 Å². The maximum atomic E-state index is 12.1. The monoisotopic (exact) mass is 228 g/mol. The number of hydrogen-bond acceptors (Lipinski definition) is 2. The number of ketones is 1. The molecule has 1 aromatic rings. The fraction of sp³-hybridized carbons (Fsp3) is 0.417. The van der Waals surface area contributed by atoms with Gasteiger partial charge in [0.25, 0.3) is 0 Å². The molecule has 0 heterocycles. The summed E-state index contributed by atoms with van der Waals surface area (Å²) in [6, 6.07) is 6.07. The van der Waals surface area contributed by atoms with Crippen LogP contribution in [-0.2, 0) is 0 Å². The number of alkyl halides is 2. The second kappa shape index (κ2) is 5.58. The van der Waals surface area contributed by atoms with E-state index < -0.39 is 6.61 Å². The van der Waals surface area contributed by atoms with Gasteiger partial charge in [0.05, 0.1) is 5.56 Å². The number of halogens is 2. The zero-order valence-corrected chi connectivity index (χ0v) is 9.24. The molecule has 0 saturated heterocycles. The molecule has 0 N–H and O–H groups in total. The predicted molar refractivity (Wildman–Crippen MR) is 56.9 cm³/mol. The smallest absolute Gasteiger partial charge is 0.387 e. The van der Waals surface area contributed by atoms with Crippen LogP contribution in [0, 0.1) is 5.92 Å². The molecular formula is C12H14F2O2. The Hall–Kier alpha value is -1.45. The van der Waals surface area contributed by atoms with Gasteiger partial charge in [-0.3, -0.25) is 4.79 Å². The Labute approximate surface area is 93.2 Å². The summed E-state index contributed by atoms with van der Waals surface area (Å²) in [5.41, 5.74) is 0.219. The topological polar surface area (TPSA) is 26.3 Å². The highest BCUT2D eigenvalue weighted by molar-refractivity contribution is 5.98. The van der Waals surface area contributed by atoms with E-state index in [9.17, 15) is 13.6 Å². The summed E-state index contributed by atoms with van der Waals surface area (Å²) in [7, 11) is 0. The molecule has 0 aromatic heterocycles. The van der Waals surface area contributed by atoms with Crippen molar-refractivity contribution in [3.8, 4) is 5.75 Å². The van der Waals surface area contributed by atoms with Crippen molar-refractivity contribution in [1.82, 2.24) is 0 Å². The molecule has 0 aliphatic rings. The SMILES string of the molecule is CC(C)CC(=O)c1ccccc1OC(F)F. The van der Waals surface area contributed by atoms with Gasteiger partial charge in [-0.15, -0.1) is 0 Å². The van der Waals surface area contributed by atoms with Crippen molar-refractivity contribution in [2.45, 2.75) is 26.9 Å². The highest BCUT2D eigenvalue weighted by Crippen LogP contribution is 2.22. The van der Waals surface area contributed by atoms with E-state index in [-0.39, 0.29) is 23.0 Å². The van der Waals surface area contributed by atoms with Gasteiger partial charge in [-0.05, 0) is 18.1 Å². The Morgan fingerprint density at radius 3 is 2.50 bits per heavy atom. The highest BCUT2D eigenvalue weighted by Gasteiger charge is 2.15. The lowest BCUT2D eigenvalue weighted by molar-refractivity contribution is -0.0501. The Balaban J connectivity index is 2.89. The average molecular weight is 228 g/mol. The van der Waals surface area contributed by atoms with Crippen LogP contribution in [0.1, 0.15) is 30.6 Å². The van der Waals surface area contributed by atoms with Crippen molar-refractivity contribution in [2.75, 3.05) is 0 Å². The van der Waals surface area contributed by atoms with E-state index in [1.54, 1.807) is 12.1 Å². The standard InChI is InChI=1S/C12H14F2O2/c1-8(2)7-10(15)9-5-3-4-6-11(9)16-12(13)14/h3-6,8,12H,7H2,1-2H3. The largest absolute Gasteiger partial charge is 0.434 e. The van der Waals surface area contributed by atoms with Crippen LogP contribution in [0.2, 0.25) is 0 Å². The molecule has 0 spiro atoms. The van der Waals surface area contributed by atoms with Crippen LogP contribution in [0.15, 0.2) is 24.3 Å². The minimum atomic E-state index is -2.91. The molecule has 0 unspecified atom stereocenters. The normalized spacial score (nSPS) is 10.9. The first-order valence-corrected chi connectivity index (χ1v) is 5.07. The van der Waals surface area contributed by atoms with E-state index in [0.29, 0.717) is 6.42 Å². The molecule has 0 radical (unpaired) electrons. The number of carbonyl (C=O) groups is 1. The lowest BCUT2D eigenvalue weighted by Gasteiger charge is -2.10. The van der Waals surface area contributed by atoms with Crippen LogP contribution in [-0.4, -0.2) is 12.4 Å². The summed E-state index contributed by atoms with van der Waals surface area (Å²) in [6.45, 7) is 0.885. The summed E-state index contributed by atoms with van der Waals surface area (Å²) in [5.74, 6) is -0.0403. The summed E-state index contributed by atoms with van der Waals surface area (Å²) < 4.78 is 28.5. The molecule has 4 heteroatoms. The minimum absolute atomic E-state index is 0.0526. The maximum Gasteiger partial charge on any atom is 0.387 e. The second-order valence-corrected chi connectivity index (χ2v) is 3.90. The number of Topliss-reactive ketones (excluding diaryl/α,β-unsaturated/α-hetero) is 1. The molecule has 88 valence electrons. The van der Waals surface area contributed by atoms with E-state index in [4.69, 9.17) is 0 Å². The van der Waals surface area contributed by atoms with Crippen molar-refractivity contribution in [1.29, 1.82) is 0 Å². The molecule has 0 amide bonds. The highest BCUT2D eigenvalue weighted by atomic mass is 19.3. The van der Waals surface area contributed by atoms with E-state index in [1.165, 1.54) is 12.1 Å². The molecule has 0 bridgehead atoms. The lowest BCUT2D eigenvalue weighted by Crippen LogP contribution is -2.09. The summed E-state index contributed by atoms with van der Waals surface area (Å²) in [6.07, 6.45) is 0.323. The first-order chi connectivity index (χ1) is 7.50. The van der Waals surface area contributed by atoms with Crippen molar-refractivity contribution in [3.63, 3.8) is 0 Å². The number of para-hydroxylation sites is 1. The quantitative estimate of drug-likeness (QED) is 0.721. The molecule has 0 fully saturated rings. The molecule has 16 heavy (non-hydrogen) atoms. The van der Waals surface area contributed by atoms with E-state index in [1.807, 2.05) is 13.8 Å². The predicted octanol–water partition coefficient (Wildman–Crippen LogP) is 3.52. The third kappa shape index (κ3) is 3.61. The van der Waals surface area contributed by atoms with Crippen molar-refractivity contribution >= 4 is 5.78 Å². The van der Waals surface area contributed by atoms with Crippen LogP contribution in [0.25, 0.3) is 0 Å². The van der Waals surface area contributed by atoms with Gasteiger partial charge in [-0.25, -0.2) is 0 Å². The minimum Gasteiger partial charge on any atom is -0.434 e. The van der Waals surface area contributed by atoms with E-state index >= 15 is 0 Å². The molecule has 0 aliphatic carbocycles. The van der Waals surface area contributed by atoms with Crippen LogP contribution >= 0.6 is 0 Å². The third-order valence-corrected chi connectivity index (χ3v) is 2.00. The number of benzene rings is 1. The van der Waals surface area contributed by atoms with Crippen LogP contribution in [0.5, 0.6) is 5.75 Å². The average Bonchev–Trinajstić information content (AvgIpc) is 2.16. The summed E-state index contributed by atoms with van der Waals surface area (Å²) >= 11 is 0.